The molecule has 0 amide bonds. The number of ketones is 1. The lowest BCUT2D eigenvalue weighted by atomic mass is 9.88. The lowest BCUT2D eigenvalue weighted by molar-refractivity contribution is -0.124. The molecular formula is C16H21NO2. The maximum atomic E-state index is 12.2. The fourth-order valence-corrected chi connectivity index (χ4v) is 3.31. The average molecular weight is 259 g/mol. The smallest absolute Gasteiger partial charge is 0.139 e. The summed E-state index contributed by atoms with van der Waals surface area (Å²) in [6, 6.07) is 10.9. The normalized spacial score (nSPS) is 29.2. The molecule has 2 saturated heterocycles. The molecule has 2 heterocycles. The molecule has 0 aromatic heterocycles. The highest BCUT2D eigenvalue weighted by atomic mass is 16.5. The van der Waals surface area contributed by atoms with Crippen molar-refractivity contribution >= 4 is 5.78 Å². The topological polar surface area (TPSA) is 38.3 Å². The van der Waals surface area contributed by atoms with Gasteiger partial charge in [-0.25, -0.2) is 0 Å². The Hall–Kier alpha value is -1.35. The second kappa shape index (κ2) is 5.74. The highest BCUT2D eigenvalue weighted by Crippen LogP contribution is 2.31. The molecule has 3 nitrogen and oxygen atoms in total. The Kier molecular flexibility index (Phi) is 3.83. The van der Waals surface area contributed by atoms with Gasteiger partial charge in [0.05, 0.1) is 6.61 Å². The van der Waals surface area contributed by atoms with Gasteiger partial charge in [0.2, 0.25) is 0 Å². The SMILES string of the molecule is O=C(CCOc1ccccc1)C1CC2CCC(C1)N2. The van der Waals surface area contributed by atoms with Crippen LogP contribution in [0.2, 0.25) is 0 Å². The summed E-state index contributed by atoms with van der Waals surface area (Å²) in [4.78, 5) is 12.2. The summed E-state index contributed by atoms with van der Waals surface area (Å²) in [6.45, 7) is 0.502. The number of nitrogens with one attached hydrogen (secondary N) is 1. The Morgan fingerprint density at radius 3 is 2.53 bits per heavy atom. The van der Waals surface area contributed by atoms with E-state index in [-0.39, 0.29) is 5.92 Å². The Labute approximate surface area is 114 Å². The van der Waals surface area contributed by atoms with E-state index < -0.39 is 0 Å². The Morgan fingerprint density at radius 2 is 1.84 bits per heavy atom. The minimum atomic E-state index is 0.262. The number of fused-ring (bicyclic) bond motifs is 2. The average Bonchev–Trinajstić information content (AvgIpc) is 2.78. The maximum Gasteiger partial charge on any atom is 0.139 e. The lowest BCUT2D eigenvalue weighted by Crippen LogP contribution is -2.40. The van der Waals surface area contributed by atoms with E-state index >= 15 is 0 Å². The largest absolute Gasteiger partial charge is 0.493 e. The van der Waals surface area contributed by atoms with Crippen molar-refractivity contribution in [2.24, 2.45) is 5.92 Å². The monoisotopic (exact) mass is 259 g/mol. The zero-order chi connectivity index (χ0) is 13.1. The van der Waals surface area contributed by atoms with Crippen LogP contribution in [0.1, 0.15) is 32.1 Å². The van der Waals surface area contributed by atoms with Gasteiger partial charge >= 0.3 is 0 Å². The molecule has 102 valence electrons. The number of benzene rings is 1. The Morgan fingerprint density at radius 1 is 1.16 bits per heavy atom. The molecule has 2 aliphatic heterocycles. The van der Waals surface area contributed by atoms with Crippen LogP contribution in [0.3, 0.4) is 0 Å². The number of piperidine rings is 1. The number of ether oxygens (including phenoxy) is 1. The summed E-state index contributed by atoms with van der Waals surface area (Å²) in [7, 11) is 0. The van der Waals surface area contributed by atoms with Gasteiger partial charge < -0.3 is 10.1 Å². The zero-order valence-corrected chi connectivity index (χ0v) is 11.2. The van der Waals surface area contributed by atoms with E-state index in [4.69, 9.17) is 4.74 Å². The maximum absolute atomic E-state index is 12.2. The highest BCUT2D eigenvalue weighted by Gasteiger charge is 2.36. The van der Waals surface area contributed by atoms with Crippen molar-refractivity contribution in [3.8, 4) is 5.75 Å². The second-order valence-corrected chi connectivity index (χ2v) is 5.68. The minimum Gasteiger partial charge on any atom is -0.493 e. The molecule has 2 atom stereocenters. The minimum absolute atomic E-state index is 0.262. The molecule has 1 N–H and O–H groups in total. The number of hydrogen-bond donors (Lipinski definition) is 1. The molecular weight excluding hydrogens is 238 g/mol. The van der Waals surface area contributed by atoms with Gasteiger partial charge in [0.15, 0.2) is 0 Å². The number of hydrogen-bond acceptors (Lipinski definition) is 3. The molecule has 2 unspecified atom stereocenters. The number of carbonyl (C=O) groups is 1. The van der Waals surface area contributed by atoms with Crippen LogP contribution >= 0.6 is 0 Å². The standard InChI is InChI=1S/C16H21NO2/c18-16(8-9-19-15-4-2-1-3-5-15)12-10-13-6-7-14(11-12)17-13/h1-5,12-14,17H,6-11H2. The summed E-state index contributed by atoms with van der Waals surface area (Å²) >= 11 is 0. The van der Waals surface area contributed by atoms with Crippen molar-refractivity contribution in [2.75, 3.05) is 6.61 Å². The van der Waals surface area contributed by atoms with Crippen molar-refractivity contribution in [1.29, 1.82) is 0 Å². The third-order valence-corrected chi connectivity index (χ3v) is 4.29. The number of rotatable bonds is 5. The van der Waals surface area contributed by atoms with Crippen LogP contribution in [-0.2, 0) is 4.79 Å². The summed E-state index contributed by atoms with van der Waals surface area (Å²) in [5.74, 6) is 1.49. The van der Waals surface area contributed by atoms with Crippen LogP contribution < -0.4 is 10.1 Å². The van der Waals surface area contributed by atoms with Gasteiger partial charge in [0.1, 0.15) is 11.5 Å². The fourth-order valence-electron chi connectivity index (χ4n) is 3.31. The Bertz CT molecular complexity index is 420. The first-order chi connectivity index (χ1) is 9.31. The van der Waals surface area contributed by atoms with Crippen LogP contribution in [0.4, 0.5) is 0 Å². The molecule has 0 radical (unpaired) electrons. The van der Waals surface area contributed by atoms with E-state index in [0.29, 0.717) is 30.9 Å². The summed E-state index contributed by atoms with van der Waals surface area (Å²) in [6.07, 6.45) is 5.09. The van der Waals surface area contributed by atoms with Crippen LogP contribution in [0.5, 0.6) is 5.75 Å². The highest BCUT2D eigenvalue weighted by molar-refractivity contribution is 5.81. The molecule has 3 rings (SSSR count). The summed E-state index contributed by atoms with van der Waals surface area (Å²) in [5, 5.41) is 3.57. The van der Waals surface area contributed by atoms with E-state index in [1.54, 1.807) is 0 Å². The molecule has 2 bridgehead atoms. The molecule has 2 fully saturated rings. The third kappa shape index (κ3) is 3.16. The molecule has 0 aliphatic carbocycles. The molecule has 0 spiro atoms. The number of carbonyl (C=O) groups excluding carboxylic acids is 1. The van der Waals surface area contributed by atoms with E-state index in [0.717, 1.165) is 18.6 Å². The lowest BCUT2D eigenvalue weighted by Gasteiger charge is -2.28. The van der Waals surface area contributed by atoms with E-state index in [9.17, 15) is 4.79 Å². The number of para-hydroxylation sites is 1. The van der Waals surface area contributed by atoms with Gasteiger partial charge in [0.25, 0.3) is 0 Å². The molecule has 3 heteroatoms. The molecule has 0 saturated carbocycles. The fraction of sp³-hybridized carbons (Fsp3) is 0.562. The van der Waals surface area contributed by atoms with Crippen molar-refractivity contribution in [1.82, 2.24) is 5.32 Å². The van der Waals surface area contributed by atoms with Gasteiger partial charge in [-0.05, 0) is 37.8 Å². The predicted octanol–water partition coefficient (Wildman–Crippen LogP) is 2.56. The van der Waals surface area contributed by atoms with Crippen LogP contribution in [-0.4, -0.2) is 24.5 Å². The molecule has 19 heavy (non-hydrogen) atoms. The van der Waals surface area contributed by atoms with E-state index in [2.05, 4.69) is 5.32 Å². The van der Waals surface area contributed by atoms with Crippen LogP contribution in [0.15, 0.2) is 30.3 Å². The summed E-state index contributed by atoms with van der Waals surface area (Å²) < 4.78 is 5.60. The first kappa shape index (κ1) is 12.7. The molecule has 1 aromatic rings. The van der Waals surface area contributed by atoms with E-state index in [1.165, 1.54) is 12.8 Å². The van der Waals surface area contributed by atoms with Gasteiger partial charge in [-0.2, -0.15) is 0 Å². The van der Waals surface area contributed by atoms with Crippen LogP contribution in [0.25, 0.3) is 0 Å². The number of Topliss-reactive ketones (excluding diaryl/α,β-unsaturated/α-hetero) is 1. The molecule has 1 aromatic carbocycles. The van der Waals surface area contributed by atoms with Gasteiger partial charge in [-0.1, -0.05) is 18.2 Å². The third-order valence-electron chi connectivity index (χ3n) is 4.29. The Balaban J connectivity index is 1.44. The first-order valence-electron chi connectivity index (χ1n) is 7.28. The van der Waals surface area contributed by atoms with Crippen LogP contribution in [0, 0.1) is 5.92 Å². The van der Waals surface area contributed by atoms with Crippen molar-refractivity contribution < 1.29 is 9.53 Å². The molecule has 2 aliphatic rings. The quantitative estimate of drug-likeness (QED) is 0.883. The van der Waals surface area contributed by atoms with Crippen molar-refractivity contribution in [3.05, 3.63) is 30.3 Å². The van der Waals surface area contributed by atoms with Gasteiger partial charge in [-0.3, -0.25) is 4.79 Å². The van der Waals surface area contributed by atoms with Crippen molar-refractivity contribution in [3.63, 3.8) is 0 Å². The second-order valence-electron chi connectivity index (χ2n) is 5.68. The van der Waals surface area contributed by atoms with Gasteiger partial charge in [0, 0.05) is 24.4 Å². The first-order valence-corrected chi connectivity index (χ1v) is 7.28. The van der Waals surface area contributed by atoms with E-state index in [1.807, 2.05) is 30.3 Å². The summed E-state index contributed by atoms with van der Waals surface area (Å²) in [5.41, 5.74) is 0. The zero-order valence-electron chi connectivity index (χ0n) is 11.2. The van der Waals surface area contributed by atoms with Crippen molar-refractivity contribution in [2.45, 2.75) is 44.2 Å². The predicted molar refractivity (Wildman–Crippen MR) is 74.2 cm³/mol. The van der Waals surface area contributed by atoms with Gasteiger partial charge in [-0.15, -0.1) is 0 Å².